The number of para-hydroxylation sites is 1. The van der Waals surface area contributed by atoms with Crippen molar-refractivity contribution in [1.29, 1.82) is 0 Å². The summed E-state index contributed by atoms with van der Waals surface area (Å²) in [6, 6.07) is 13.5. The van der Waals surface area contributed by atoms with Gasteiger partial charge < -0.3 is 9.73 Å². The molecule has 0 bridgehead atoms. The molecule has 0 aliphatic rings. The van der Waals surface area contributed by atoms with Crippen LogP contribution in [-0.2, 0) is 6.54 Å². The van der Waals surface area contributed by atoms with E-state index in [0.717, 1.165) is 17.0 Å². The summed E-state index contributed by atoms with van der Waals surface area (Å²) < 4.78 is 32.1. The molecule has 96 valence electrons. The maximum atomic E-state index is 13.4. The Kier molecular flexibility index (Phi) is 2.91. The average Bonchev–Trinajstić information content (AvgIpc) is 2.83. The third kappa shape index (κ3) is 2.29. The molecule has 1 aromatic heterocycles. The molecule has 1 heterocycles. The third-order valence-corrected chi connectivity index (χ3v) is 2.88. The fourth-order valence-corrected chi connectivity index (χ4v) is 1.95. The summed E-state index contributed by atoms with van der Waals surface area (Å²) in [5, 5.41) is 3.81. The molecule has 0 saturated heterocycles. The van der Waals surface area contributed by atoms with E-state index < -0.39 is 11.6 Å². The van der Waals surface area contributed by atoms with Crippen LogP contribution in [0.5, 0.6) is 0 Å². The number of fused-ring (bicyclic) bond motifs is 1. The van der Waals surface area contributed by atoms with Gasteiger partial charge in [0, 0.05) is 5.39 Å². The van der Waals surface area contributed by atoms with E-state index in [1.807, 2.05) is 30.3 Å². The van der Waals surface area contributed by atoms with Crippen LogP contribution in [0.3, 0.4) is 0 Å². The minimum absolute atomic E-state index is 0.125. The zero-order chi connectivity index (χ0) is 13.2. The molecule has 0 atom stereocenters. The Morgan fingerprint density at radius 3 is 2.68 bits per heavy atom. The fraction of sp³-hybridized carbons (Fsp3) is 0.0667. The largest absolute Gasteiger partial charge is 0.459 e. The van der Waals surface area contributed by atoms with Crippen LogP contribution in [-0.4, -0.2) is 0 Å². The summed E-state index contributed by atoms with van der Waals surface area (Å²) in [4.78, 5) is 0. The lowest BCUT2D eigenvalue weighted by Gasteiger charge is -2.05. The highest BCUT2D eigenvalue weighted by Crippen LogP contribution is 2.21. The van der Waals surface area contributed by atoms with Gasteiger partial charge in [0.15, 0.2) is 11.6 Å². The van der Waals surface area contributed by atoms with Crippen LogP contribution in [0.2, 0.25) is 0 Å². The molecule has 0 amide bonds. The number of hydrogen-bond acceptors (Lipinski definition) is 2. The second-order valence-electron chi connectivity index (χ2n) is 4.21. The quantitative estimate of drug-likeness (QED) is 0.757. The first-order valence-electron chi connectivity index (χ1n) is 5.89. The molecule has 0 saturated carbocycles. The Morgan fingerprint density at radius 1 is 1.00 bits per heavy atom. The van der Waals surface area contributed by atoms with Crippen molar-refractivity contribution in [3.05, 3.63) is 65.9 Å². The lowest BCUT2D eigenvalue weighted by molar-refractivity contribution is 0.509. The van der Waals surface area contributed by atoms with E-state index in [1.165, 1.54) is 12.1 Å². The molecule has 2 nitrogen and oxygen atoms in total. The highest BCUT2D eigenvalue weighted by atomic mass is 19.2. The summed E-state index contributed by atoms with van der Waals surface area (Å²) in [6.45, 7) is 0.301. The van der Waals surface area contributed by atoms with Crippen molar-refractivity contribution in [3.8, 4) is 0 Å². The molecule has 3 aromatic rings. The number of rotatable bonds is 3. The van der Waals surface area contributed by atoms with E-state index in [2.05, 4.69) is 5.32 Å². The Balaban J connectivity index is 1.80. The Morgan fingerprint density at radius 2 is 1.84 bits per heavy atom. The molecule has 0 fully saturated rings. The van der Waals surface area contributed by atoms with Crippen LogP contribution in [0.25, 0.3) is 11.0 Å². The lowest BCUT2D eigenvalue weighted by Crippen LogP contribution is -2.01. The standard InChI is InChI=1S/C15H11F2NO/c16-12-5-3-6-13(15(12)17)18-9-11-8-10-4-1-2-7-14(10)19-11/h1-8,18H,9H2. The van der Waals surface area contributed by atoms with Crippen LogP contribution < -0.4 is 5.32 Å². The molecule has 0 spiro atoms. The van der Waals surface area contributed by atoms with Crippen molar-refractivity contribution in [2.75, 3.05) is 5.32 Å². The second kappa shape index (κ2) is 4.72. The Labute approximate surface area is 108 Å². The van der Waals surface area contributed by atoms with Crippen molar-refractivity contribution < 1.29 is 13.2 Å². The van der Waals surface area contributed by atoms with Crippen molar-refractivity contribution >= 4 is 16.7 Å². The average molecular weight is 259 g/mol. The van der Waals surface area contributed by atoms with Gasteiger partial charge in [0.1, 0.15) is 11.3 Å². The molecular weight excluding hydrogens is 248 g/mol. The summed E-state index contributed by atoms with van der Waals surface area (Å²) in [6.07, 6.45) is 0. The summed E-state index contributed by atoms with van der Waals surface area (Å²) in [5.41, 5.74) is 0.902. The number of anilines is 1. The van der Waals surface area contributed by atoms with E-state index >= 15 is 0 Å². The smallest absolute Gasteiger partial charge is 0.181 e. The molecule has 0 unspecified atom stereocenters. The zero-order valence-electron chi connectivity index (χ0n) is 9.99. The molecule has 0 aliphatic heterocycles. The second-order valence-corrected chi connectivity index (χ2v) is 4.21. The maximum absolute atomic E-state index is 13.4. The van der Waals surface area contributed by atoms with Crippen molar-refractivity contribution in [3.63, 3.8) is 0 Å². The predicted octanol–water partition coefficient (Wildman–Crippen LogP) is 4.32. The normalized spacial score (nSPS) is 10.8. The van der Waals surface area contributed by atoms with E-state index in [-0.39, 0.29) is 5.69 Å². The van der Waals surface area contributed by atoms with Gasteiger partial charge in [0.25, 0.3) is 0 Å². The van der Waals surface area contributed by atoms with Crippen LogP contribution in [0.1, 0.15) is 5.76 Å². The van der Waals surface area contributed by atoms with E-state index in [1.54, 1.807) is 0 Å². The predicted molar refractivity (Wildman–Crippen MR) is 69.9 cm³/mol. The van der Waals surface area contributed by atoms with Crippen LogP contribution in [0.15, 0.2) is 52.9 Å². The van der Waals surface area contributed by atoms with Crippen molar-refractivity contribution in [2.45, 2.75) is 6.54 Å². The number of halogens is 2. The summed E-state index contributed by atoms with van der Waals surface area (Å²) >= 11 is 0. The van der Waals surface area contributed by atoms with E-state index in [9.17, 15) is 8.78 Å². The SMILES string of the molecule is Fc1cccc(NCc2cc3ccccc3o2)c1F. The van der Waals surface area contributed by atoms with Crippen molar-refractivity contribution in [2.24, 2.45) is 0 Å². The summed E-state index contributed by atoms with van der Waals surface area (Å²) in [7, 11) is 0. The first kappa shape index (κ1) is 11.7. The highest BCUT2D eigenvalue weighted by Gasteiger charge is 2.08. The van der Waals surface area contributed by atoms with Gasteiger partial charge in [-0.15, -0.1) is 0 Å². The molecule has 3 rings (SSSR count). The van der Waals surface area contributed by atoms with Gasteiger partial charge in [-0.2, -0.15) is 0 Å². The monoisotopic (exact) mass is 259 g/mol. The minimum atomic E-state index is -0.876. The van der Waals surface area contributed by atoms with Gasteiger partial charge in [-0.3, -0.25) is 0 Å². The van der Waals surface area contributed by atoms with Gasteiger partial charge in [-0.05, 0) is 24.3 Å². The fourth-order valence-electron chi connectivity index (χ4n) is 1.95. The van der Waals surface area contributed by atoms with E-state index in [4.69, 9.17) is 4.42 Å². The zero-order valence-corrected chi connectivity index (χ0v) is 9.99. The molecule has 0 radical (unpaired) electrons. The van der Waals surface area contributed by atoms with Crippen LogP contribution in [0.4, 0.5) is 14.5 Å². The first-order chi connectivity index (χ1) is 9.24. The topological polar surface area (TPSA) is 25.2 Å². The number of furan rings is 1. The molecular formula is C15H11F2NO. The highest BCUT2D eigenvalue weighted by molar-refractivity contribution is 5.77. The van der Waals surface area contributed by atoms with Crippen molar-refractivity contribution in [1.82, 2.24) is 0 Å². The van der Waals surface area contributed by atoms with Gasteiger partial charge in [-0.25, -0.2) is 8.78 Å². The number of hydrogen-bond donors (Lipinski definition) is 1. The summed E-state index contributed by atoms with van der Waals surface area (Å²) in [5.74, 6) is -1.07. The third-order valence-electron chi connectivity index (χ3n) is 2.88. The Hall–Kier alpha value is -2.36. The number of benzene rings is 2. The van der Waals surface area contributed by atoms with Gasteiger partial charge in [0.05, 0.1) is 12.2 Å². The van der Waals surface area contributed by atoms with Gasteiger partial charge >= 0.3 is 0 Å². The van der Waals surface area contributed by atoms with Gasteiger partial charge in [-0.1, -0.05) is 24.3 Å². The van der Waals surface area contributed by atoms with E-state index in [0.29, 0.717) is 12.3 Å². The van der Waals surface area contributed by atoms with Crippen LogP contribution >= 0.6 is 0 Å². The lowest BCUT2D eigenvalue weighted by atomic mass is 10.2. The molecule has 4 heteroatoms. The molecule has 2 aromatic carbocycles. The van der Waals surface area contributed by atoms with Gasteiger partial charge in [0.2, 0.25) is 0 Å². The molecule has 0 aliphatic carbocycles. The van der Waals surface area contributed by atoms with Crippen LogP contribution in [0, 0.1) is 11.6 Å². The molecule has 1 N–H and O–H groups in total. The molecule has 19 heavy (non-hydrogen) atoms. The first-order valence-corrected chi connectivity index (χ1v) is 5.89. The number of nitrogens with one attached hydrogen (secondary N) is 1. The minimum Gasteiger partial charge on any atom is -0.459 e. The Bertz CT molecular complexity index is 688. The maximum Gasteiger partial charge on any atom is 0.181 e.